The molecule has 1 aliphatic heterocycles. The minimum absolute atomic E-state index is 0.0344. The summed E-state index contributed by atoms with van der Waals surface area (Å²) in [4.78, 5) is 29.1. The highest BCUT2D eigenvalue weighted by Gasteiger charge is 2.29. The van der Waals surface area contributed by atoms with Crippen molar-refractivity contribution in [1.29, 1.82) is 0 Å². The van der Waals surface area contributed by atoms with Crippen LogP contribution in [0.4, 0.5) is 4.39 Å². The minimum Gasteiger partial charge on any atom is -0.501 e. The Morgan fingerprint density at radius 2 is 2.07 bits per heavy atom. The number of aromatic hydroxyl groups is 1. The van der Waals surface area contributed by atoms with Crippen molar-refractivity contribution in [3.05, 3.63) is 57.5 Å². The van der Waals surface area contributed by atoms with Gasteiger partial charge in [0.05, 0.1) is 18.9 Å². The maximum absolute atomic E-state index is 13.0. The highest BCUT2D eigenvalue weighted by molar-refractivity contribution is 7.90. The number of sulfone groups is 1. The second kappa shape index (κ2) is 8.29. The number of carbonyl (C=O) groups excluding carboxylic acids is 1. The van der Waals surface area contributed by atoms with Crippen LogP contribution >= 0.6 is 0 Å². The van der Waals surface area contributed by atoms with Crippen molar-refractivity contribution in [3.8, 4) is 5.75 Å². The summed E-state index contributed by atoms with van der Waals surface area (Å²) in [6.45, 7) is 0.312. The topological polar surface area (TPSA) is 128 Å². The van der Waals surface area contributed by atoms with E-state index in [0.29, 0.717) is 5.56 Å². The van der Waals surface area contributed by atoms with Crippen LogP contribution in [-0.4, -0.2) is 47.6 Å². The van der Waals surface area contributed by atoms with Crippen molar-refractivity contribution in [3.63, 3.8) is 0 Å². The summed E-state index contributed by atoms with van der Waals surface area (Å²) in [7, 11) is -3.26. The summed E-state index contributed by atoms with van der Waals surface area (Å²) in [5, 5.41) is 12.7. The number of ether oxygens (including phenoxy) is 1. The van der Waals surface area contributed by atoms with Crippen LogP contribution in [0.25, 0.3) is 0 Å². The van der Waals surface area contributed by atoms with E-state index in [1.165, 1.54) is 28.8 Å². The Kier molecular flexibility index (Phi) is 5.99. The van der Waals surface area contributed by atoms with Gasteiger partial charge in [0.1, 0.15) is 27.6 Å². The molecule has 29 heavy (non-hydrogen) atoms. The zero-order chi connectivity index (χ0) is 21.2. The van der Waals surface area contributed by atoms with Gasteiger partial charge in [0.15, 0.2) is 5.69 Å². The smallest absolute Gasteiger partial charge is 0.296 e. The molecule has 9 nitrogen and oxygen atoms in total. The molecular weight excluding hydrogens is 405 g/mol. The van der Waals surface area contributed by atoms with E-state index < -0.39 is 44.7 Å². The molecule has 0 saturated carbocycles. The first-order valence-corrected chi connectivity index (χ1v) is 10.9. The lowest BCUT2D eigenvalue weighted by molar-refractivity contribution is 0.0118. The van der Waals surface area contributed by atoms with Gasteiger partial charge in [0, 0.05) is 12.8 Å². The Hall–Kier alpha value is -2.79. The van der Waals surface area contributed by atoms with Gasteiger partial charge in [-0.3, -0.25) is 14.2 Å². The van der Waals surface area contributed by atoms with E-state index in [2.05, 4.69) is 10.3 Å². The molecule has 0 bridgehead atoms. The molecule has 1 amide bonds. The molecule has 1 unspecified atom stereocenters. The van der Waals surface area contributed by atoms with Crippen molar-refractivity contribution < 1.29 is 27.4 Å². The van der Waals surface area contributed by atoms with Gasteiger partial charge >= 0.3 is 0 Å². The number of amides is 1. The van der Waals surface area contributed by atoms with Crippen LogP contribution in [0.2, 0.25) is 0 Å². The fourth-order valence-corrected chi connectivity index (χ4v) is 3.59. The van der Waals surface area contributed by atoms with Crippen LogP contribution in [0.3, 0.4) is 0 Å². The fraction of sp³-hybridized carbons (Fsp3) is 0.389. The third-order valence-electron chi connectivity index (χ3n) is 4.43. The Bertz CT molecular complexity index is 1080. The summed E-state index contributed by atoms with van der Waals surface area (Å²) in [5.41, 5.74) is -0.656. The molecule has 1 aromatic heterocycles. The van der Waals surface area contributed by atoms with E-state index in [1.807, 2.05) is 0 Å². The van der Waals surface area contributed by atoms with Crippen LogP contribution in [0.1, 0.15) is 34.4 Å². The van der Waals surface area contributed by atoms with E-state index in [1.54, 1.807) is 0 Å². The first-order valence-electron chi connectivity index (χ1n) is 8.81. The number of nitrogens with zero attached hydrogens (tertiary/aromatic N) is 2. The van der Waals surface area contributed by atoms with Gasteiger partial charge in [-0.1, -0.05) is 12.1 Å². The summed E-state index contributed by atoms with van der Waals surface area (Å²) in [6, 6.07) is 5.46. The Labute approximate surface area is 166 Å². The monoisotopic (exact) mass is 425 g/mol. The fourth-order valence-electron chi connectivity index (χ4n) is 2.94. The number of hydrogen-bond donors (Lipinski definition) is 2. The predicted molar refractivity (Wildman–Crippen MR) is 101 cm³/mol. The molecule has 0 spiro atoms. The molecule has 1 aliphatic rings. The molecule has 2 heterocycles. The van der Waals surface area contributed by atoms with E-state index in [-0.39, 0.29) is 37.7 Å². The molecule has 1 atom stereocenters. The van der Waals surface area contributed by atoms with Crippen molar-refractivity contribution in [2.45, 2.75) is 25.6 Å². The van der Waals surface area contributed by atoms with Gasteiger partial charge in [0.25, 0.3) is 11.5 Å². The average molecular weight is 425 g/mol. The number of rotatable bonds is 6. The summed E-state index contributed by atoms with van der Waals surface area (Å²) < 4.78 is 42.6. The van der Waals surface area contributed by atoms with Gasteiger partial charge < -0.3 is 15.2 Å². The second-order valence-corrected chi connectivity index (χ2v) is 8.97. The Morgan fingerprint density at radius 1 is 1.38 bits per heavy atom. The summed E-state index contributed by atoms with van der Waals surface area (Å²) in [6.07, 6.45) is 0.351. The van der Waals surface area contributed by atoms with Crippen LogP contribution < -0.4 is 10.9 Å². The van der Waals surface area contributed by atoms with Gasteiger partial charge in [-0.2, -0.15) is 0 Å². The zero-order valence-corrected chi connectivity index (χ0v) is 16.4. The molecule has 0 radical (unpaired) electrons. The second-order valence-electron chi connectivity index (χ2n) is 6.71. The van der Waals surface area contributed by atoms with Crippen LogP contribution in [0.15, 0.2) is 29.1 Å². The number of benzene rings is 1. The Balaban J connectivity index is 1.85. The van der Waals surface area contributed by atoms with Gasteiger partial charge in [-0.05, 0) is 24.1 Å². The SMILES string of the molecule is CS(=O)(=O)CCC1OCCn2c1nc(C(=O)NCc1ccc(F)cc1)c(O)c2=O. The number of hydrogen-bond acceptors (Lipinski definition) is 7. The average Bonchev–Trinajstić information content (AvgIpc) is 2.67. The largest absolute Gasteiger partial charge is 0.501 e. The number of carbonyl (C=O) groups is 1. The first-order chi connectivity index (χ1) is 13.7. The maximum Gasteiger partial charge on any atom is 0.296 e. The predicted octanol–water partition coefficient (Wildman–Crippen LogP) is 0.524. The van der Waals surface area contributed by atoms with E-state index in [4.69, 9.17) is 4.74 Å². The standard InChI is InChI=1S/C18H20FN3O6S/c1-29(26,27)9-6-13-16-21-14(15(23)18(25)22(16)7-8-28-13)17(24)20-10-11-2-4-12(19)5-3-11/h2-5,13,23H,6-10H2,1H3,(H,20,24). The maximum atomic E-state index is 13.0. The van der Waals surface area contributed by atoms with Crippen molar-refractivity contribution in [2.75, 3.05) is 18.6 Å². The number of fused-ring (bicyclic) bond motifs is 1. The van der Waals surface area contributed by atoms with Gasteiger partial charge in [-0.25, -0.2) is 17.8 Å². The van der Waals surface area contributed by atoms with Gasteiger partial charge in [0.2, 0.25) is 5.75 Å². The molecule has 0 saturated heterocycles. The molecule has 11 heteroatoms. The number of aromatic nitrogens is 2. The lowest BCUT2D eigenvalue weighted by Gasteiger charge is -2.26. The third kappa shape index (κ3) is 4.98. The third-order valence-corrected chi connectivity index (χ3v) is 5.41. The van der Waals surface area contributed by atoms with E-state index in [0.717, 1.165) is 6.26 Å². The lowest BCUT2D eigenvalue weighted by Crippen LogP contribution is -2.36. The van der Waals surface area contributed by atoms with E-state index in [9.17, 15) is 27.5 Å². The lowest BCUT2D eigenvalue weighted by atomic mass is 10.2. The molecule has 1 aromatic carbocycles. The van der Waals surface area contributed by atoms with Crippen molar-refractivity contribution in [1.82, 2.24) is 14.9 Å². The van der Waals surface area contributed by atoms with Crippen LogP contribution in [0.5, 0.6) is 5.75 Å². The van der Waals surface area contributed by atoms with Gasteiger partial charge in [-0.15, -0.1) is 0 Å². The van der Waals surface area contributed by atoms with Crippen molar-refractivity contribution >= 4 is 15.7 Å². The molecular formula is C18H20FN3O6S. The molecule has 2 N–H and O–H groups in total. The quantitative estimate of drug-likeness (QED) is 0.691. The number of halogens is 1. The first kappa shape index (κ1) is 20.9. The molecule has 0 fully saturated rings. The molecule has 0 aliphatic carbocycles. The van der Waals surface area contributed by atoms with E-state index >= 15 is 0 Å². The zero-order valence-electron chi connectivity index (χ0n) is 15.6. The molecule has 3 rings (SSSR count). The number of nitrogens with one attached hydrogen (secondary N) is 1. The highest BCUT2D eigenvalue weighted by Crippen LogP contribution is 2.25. The molecule has 2 aromatic rings. The van der Waals surface area contributed by atoms with Crippen molar-refractivity contribution in [2.24, 2.45) is 0 Å². The summed E-state index contributed by atoms with van der Waals surface area (Å²) >= 11 is 0. The normalized spacial score (nSPS) is 16.3. The highest BCUT2D eigenvalue weighted by atomic mass is 32.2. The minimum atomic E-state index is -3.26. The van der Waals surface area contributed by atoms with Crippen LogP contribution in [-0.2, 0) is 27.7 Å². The Morgan fingerprint density at radius 3 is 2.72 bits per heavy atom. The molecule has 156 valence electrons. The summed E-state index contributed by atoms with van der Waals surface area (Å²) in [5.74, 6) is -2.09. The van der Waals surface area contributed by atoms with Crippen LogP contribution in [0, 0.1) is 5.82 Å².